The smallest absolute Gasteiger partial charge is 0.150 e. The SMILES string of the molecule is Cc1nc2ccccc2nc1N1CCC(N2CCOCC2)CC1. The summed E-state index contributed by atoms with van der Waals surface area (Å²) in [6.45, 7) is 8.14. The number of para-hydroxylation sites is 2. The van der Waals surface area contributed by atoms with Gasteiger partial charge >= 0.3 is 0 Å². The van der Waals surface area contributed by atoms with Crippen LogP contribution in [0.5, 0.6) is 0 Å². The second-order valence-electron chi connectivity index (χ2n) is 6.49. The van der Waals surface area contributed by atoms with E-state index < -0.39 is 0 Å². The van der Waals surface area contributed by atoms with Gasteiger partial charge in [0, 0.05) is 32.2 Å². The molecule has 122 valence electrons. The molecule has 5 nitrogen and oxygen atoms in total. The molecule has 0 atom stereocenters. The number of ether oxygens (including phenoxy) is 1. The summed E-state index contributed by atoms with van der Waals surface area (Å²) in [5.41, 5.74) is 3.01. The van der Waals surface area contributed by atoms with Gasteiger partial charge in [0.2, 0.25) is 0 Å². The van der Waals surface area contributed by atoms with Crippen molar-refractivity contribution in [3.8, 4) is 0 Å². The lowest BCUT2D eigenvalue weighted by Crippen LogP contribution is -2.49. The molecule has 1 aromatic carbocycles. The minimum absolute atomic E-state index is 0.698. The molecular weight excluding hydrogens is 288 g/mol. The van der Waals surface area contributed by atoms with Gasteiger partial charge in [-0.15, -0.1) is 0 Å². The molecule has 0 bridgehead atoms. The first-order valence-electron chi connectivity index (χ1n) is 8.61. The lowest BCUT2D eigenvalue weighted by molar-refractivity contribution is 0.0114. The number of rotatable bonds is 2. The fourth-order valence-electron chi connectivity index (χ4n) is 3.76. The Balaban J connectivity index is 1.48. The number of piperidine rings is 1. The largest absolute Gasteiger partial charge is 0.379 e. The van der Waals surface area contributed by atoms with Gasteiger partial charge in [0.15, 0.2) is 5.82 Å². The number of aryl methyl sites for hydroxylation is 1. The second kappa shape index (κ2) is 6.42. The molecule has 2 aliphatic heterocycles. The van der Waals surface area contributed by atoms with Gasteiger partial charge in [-0.2, -0.15) is 0 Å². The van der Waals surface area contributed by atoms with Crippen molar-refractivity contribution in [2.24, 2.45) is 0 Å². The van der Waals surface area contributed by atoms with Gasteiger partial charge in [-0.05, 0) is 31.9 Å². The van der Waals surface area contributed by atoms with Crippen molar-refractivity contribution in [1.82, 2.24) is 14.9 Å². The van der Waals surface area contributed by atoms with E-state index in [4.69, 9.17) is 14.7 Å². The highest BCUT2D eigenvalue weighted by Crippen LogP contribution is 2.25. The summed E-state index contributed by atoms with van der Waals surface area (Å²) >= 11 is 0. The van der Waals surface area contributed by atoms with Crippen molar-refractivity contribution < 1.29 is 4.74 Å². The summed E-state index contributed by atoms with van der Waals surface area (Å²) in [4.78, 5) is 14.6. The summed E-state index contributed by atoms with van der Waals surface area (Å²) in [5.74, 6) is 1.06. The molecule has 0 radical (unpaired) electrons. The minimum atomic E-state index is 0.698. The van der Waals surface area contributed by atoms with Crippen LogP contribution in [0.3, 0.4) is 0 Å². The number of hydrogen-bond acceptors (Lipinski definition) is 5. The van der Waals surface area contributed by atoms with Crippen LogP contribution < -0.4 is 4.90 Å². The van der Waals surface area contributed by atoms with Crippen molar-refractivity contribution in [2.75, 3.05) is 44.3 Å². The van der Waals surface area contributed by atoms with E-state index in [9.17, 15) is 0 Å². The number of nitrogens with zero attached hydrogens (tertiary/aromatic N) is 4. The van der Waals surface area contributed by atoms with Gasteiger partial charge in [-0.3, -0.25) is 4.90 Å². The number of anilines is 1. The number of morpholine rings is 1. The molecule has 0 aliphatic carbocycles. The highest BCUT2D eigenvalue weighted by molar-refractivity contribution is 5.76. The maximum Gasteiger partial charge on any atom is 0.150 e. The molecule has 5 heteroatoms. The van der Waals surface area contributed by atoms with Crippen LogP contribution in [0.25, 0.3) is 11.0 Å². The molecule has 2 aliphatic rings. The lowest BCUT2D eigenvalue weighted by atomic mass is 10.0. The van der Waals surface area contributed by atoms with E-state index in [-0.39, 0.29) is 0 Å². The zero-order valence-electron chi connectivity index (χ0n) is 13.7. The van der Waals surface area contributed by atoms with Gasteiger partial charge in [0.1, 0.15) is 0 Å². The Bertz CT molecular complexity index is 676. The summed E-state index contributed by atoms with van der Waals surface area (Å²) in [5, 5.41) is 0. The molecule has 1 aromatic heterocycles. The predicted molar refractivity (Wildman–Crippen MR) is 91.9 cm³/mol. The third-order valence-electron chi connectivity index (χ3n) is 5.05. The Morgan fingerprint density at radius 2 is 1.61 bits per heavy atom. The van der Waals surface area contributed by atoms with Crippen LogP contribution in [-0.2, 0) is 4.74 Å². The first kappa shape index (κ1) is 14.8. The van der Waals surface area contributed by atoms with Gasteiger partial charge in [-0.1, -0.05) is 12.1 Å². The van der Waals surface area contributed by atoms with Crippen LogP contribution in [0.4, 0.5) is 5.82 Å². The maximum atomic E-state index is 5.47. The standard InChI is InChI=1S/C18H24N4O/c1-14-18(20-17-5-3-2-4-16(17)19-14)22-8-6-15(7-9-22)21-10-12-23-13-11-21/h2-5,15H,6-13H2,1H3. The number of fused-ring (bicyclic) bond motifs is 1. The Hall–Kier alpha value is -1.72. The lowest BCUT2D eigenvalue weighted by Gasteiger charge is -2.40. The summed E-state index contributed by atoms with van der Waals surface area (Å²) < 4.78 is 5.47. The van der Waals surface area contributed by atoms with E-state index in [0.717, 1.165) is 61.9 Å². The summed E-state index contributed by atoms with van der Waals surface area (Å²) in [6.07, 6.45) is 2.40. The molecule has 0 unspecified atom stereocenters. The Labute approximate surface area is 137 Å². The molecule has 3 heterocycles. The van der Waals surface area contributed by atoms with Crippen LogP contribution in [0, 0.1) is 6.92 Å². The average Bonchev–Trinajstić information content (AvgIpc) is 2.62. The molecule has 0 amide bonds. The molecule has 2 aromatic rings. The van der Waals surface area contributed by atoms with E-state index in [0.29, 0.717) is 6.04 Å². The van der Waals surface area contributed by atoms with Crippen LogP contribution >= 0.6 is 0 Å². The van der Waals surface area contributed by atoms with Gasteiger partial charge in [0.25, 0.3) is 0 Å². The number of aromatic nitrogens is 2. The fraction of sp³-hybridized carbons (Fsp3) is 0.556. The van der Waals surface area contributed by atoms with E-state index in [1.54, 1.807) is 0 Å². The molecule has 23 heavy (non-hydrogen) atoms. The first-order chi connectivity index (χ1) is 11.3. The van der Waals surface area contributed by atoms with Crippen LogP contribution in [0.15, 0.2) is 24.3 Å². The van der Waals surface area contributed by atoms with Crippen molar-refractivity contribution in [2.45, 2.75) is 25.8 Å². The minimum Gasteiger partial charge on any atom is -0.379 e. The normalized spacial score (nSPS) is 21.0. The summed E-state index contributed by atoms with van der Waals surface area (Å²) in [6, 6.07) is 8.82. The predicted octanol–water partition coefficient (Wildman–Crippen LogP) is 2.24. The van der Waals surface area contributed by atoms with Crippen LogP contribution in [-0.4, -0.2) is 60.3 Å². The van der Waals surface area contributed by atoms with Gasteiger partial charge in [0.05, 0.1) is 29.9 Å². The maximum absolute atomic E-state index is 5.47. The molecule has 4 rings (SSSR count). The Morgan fingerprint density at radius 3 is 2.30 bits per heavy atom. The first-order valence-corrected chi connectivity index (χ1v) is 8.61. The fourth-order valence-corrected chi connectivity index (χ4v) is 3.76. The van der Waals surface area contributed by atoms with Crippen molar-refractivity contribution in [1.29, 1.82) is 0 Å². The molecule has 2 saturated heterocycles. The highest BCUT2D eigenvalue weighted by atomic mass is 16.5. The van der Waals surface area contributed by atoms with Crippen molar-refractivity contribution in [3.05, 3.63) is 30.0 Å². The van der Waals surface area contributed by atoms with E-state index in [2.05, 4.69) is 16.7 Å². The van der Waals surface area contributed by atoms with Gasteiger partial charge in [-0.25, -0.2) is 9.97 Å². The van der Waals surface area contributed by atoms with Crippen molar-refractivity contribution in [3.63, 3.8) is 0 Å². The van der Waals surface area contributed by atoms with E-state index >= 15 is 0 Å². The second-order valence-corrected chi connectivity index (χ2v) is 6.49. The molecule has 0 saturated carbocycles. The van der Waals surface area contributed by atoms with E-state index in [1.807, 2.05) is 24.3 Å². The Morgan fingerprint density at radius 1 is 0.957 bits per heavy atom. The molecule has 0 spiro atoms. The Kier molecular flexibility index (Phi) is 4.14. The van der Waals surface area contributed by atoms with Crippen molar-refractivity contribution >= 4 is 16.9 Å². The molecule has 0 N–H and O–H groups in total. The number of hydrogen-bond donors (Lipinski definition) is 0. The summed E-state index contributed by atoms with van der Waals surface area (Å²) in [7, 11) is 0. The molecular formula is C18H24N4O. The monoisotopic (exact) mass is 312 g/mol. The third kappa shape index (κ3) is 3.03. The van der Waals surface area contributed by atoms with Crippen LogP contribution in [0.2, 0.25) is 0 Å². The average molecular weight is 312 g/mol. The number of benzene rings is 1. The highest BCUT2D eigenvalue weighted by Gasteiger charge is 2.27. The zero-order chi connectivity index (χ0) is 15.6. The van der Waals surface area contributed by atoms with Crippen LogP contribution in [0.1, 0.15) is 18.5 Å². The topological polar surface area (TPSA) is 41.5 Å². The van der Waals surface area contributed by atoms with E-state index in [1.165, 1.54) is 12.8 Å². The molecule has 2 fully saturated rings. The third-order valence-corrected chi connectivity index (χ3v) is 5.05. The quantitative estimate of drug-likeness (QED) is 0.851. The zero-order valence-corrected chi connectivity index (χ0v) is 13.7. The van der Waals surface area contributed by atoms with Gasteiger partial charge < -0.3 is 9.64 Å².